The second-order valence-electron chi connectivity index (χ2n) is 6.61. The van der Waals surface area contributed by atoms with Gasteiger partial charge in [-0.2, -0.15) is 4.98 Å². The number of hydrogen-bond donors (Lipinski definition) is 1. The van der Waals surface area contributed by atoms with Gasteiger partial charge in [-0.3, -0.25) is 9.78 Å². The fourth-order valence-electron chi connectivity index (χ4n) is 2.64. The predicted octanol–water partition coefficient (Wildman–Crippen LogP) is 3.72. The van der Waals surface area contributed by atoms with Crippen LogP contribution < -0.4 is 5.32 Å². The first-order valence-corrected chi connectivity index (χ1v) is 8.80. The fraction of sp³-hybridized carbons (Fsp3) is 0.300. The second kappa shape index (κ2) is 8.53. The molecule has 3 aromatic rings. The van der Waals surface area contributed by atoms with Gasteiger partial charge in [0.1, 0.15) is 11.9 Å². The van der Waals surface area contributed by atoms with Crippen molar-refractivity contribution < 1.29 is 13.7 Å². The van der Waals surface area contributed by atoms with E-state index in [9.17, 15) is 9.18 Å². The van der Waals surface area contributed by atoms with Gasteiger partial charge in [0.05, 0.1) is 0 Å². The molecule has 140 valence electrons. The van der Waals surface area contributed by atoms with E-state index in [1.807, 2.05) is 19.9 Å². The normalized spacial score (nSPS) is 12.1. The molecule has 0 fully saturated rings. The van der Waals surface area contributed by atoms with E-state index in [-0.39, 0.29) is 23.7 Å². The zero-order chi connectivity index (χ0) is 19.2. The Labute approximate surface area is 156 Å². The Balaban J connectivity index is 1.64. The van der Waals surface area contributed by atoms with E-state index < -0.39 is 0 Å². The summed E-state index contributed by atoms with van der Waals surface area (Å²) in [6.07, 6.45) is 4.14. The number of carbonyl (C=O) groups excluding carboxylic acids is 1. The molecule has 1 aromatic carbocycles. The lowest BCUT2D eigenvalue weighted by Crippen LogP contribution is -2.32. The summed E-state index contributed by atoms with van der Waals surface area (Å²) in [4.78, 5) is 20.8. The molecule has 27 heavy (non-hydrogen) atoms. The molecule has 1 amide bonds. The van der Waals surface area contributed by atoms with Crippen molar-refractivity contribution in [1.29, 1.82) is 0 Å². The number of pyridine rings is 1. The van der Waals surface area contributed by atoms with Gasteiger partial charge in [-0.15, -0.1) is 0 Å². The summed E-state index contributed by atoms with van der Waals surface area (Å²) in [6, 6.07) is 9.39. The highest BCUT2D eigenvalue weighted by Crippen LogP contribution is 2.23. The van der Waals surface area contributed by atoms with Crippen molar-refractivity contribution in [2.45, 2.75) is 32.7 Å². The molecule has 1 N–H and O–H groups in total. The van der Waals surface area contributed by atoms with Crippen molar-refractivity contribution in [2.75, 3.05) is 0 Å². The van der Waals surface area contributed by atoms with E-state index in [1.165, 1.54) is 12.1 Å². The van der Waals surface area contributed by atoms with E-state index >= 15 is 0 Å². The summed E-state index contributed by atoms with van der Waals surface area (Å²) in [6.45, 7) is 3.94. The van der Waals surface area contributed by atoms with Gasteiger partial charge < -0.3 is 9.84 Å². The Kier molecular flexibility index (Phi) is 5.90. The Bertz CT molecular complexity index is 879. The van der Waals surface area contributed by atoms with Gasteiger partial charge in [-0.25, -0.2) is 4.39 Å². The lowest BCUT2D eigenvalue weighted by molar-refractivity contribution is -0.122. The number of aromatic nitrogens is 3. The van der Waals surface area contributed by atoms with Crippen LogP contribution in [-0.4, -0.2) is 21.0 Å². The van der Waals surface area contributed by atoms with E-state index in [1.54, 1.807) is 30.6 Å². The molecule has 0 saturated heterocycles. The van der Waals surface area contributed by atoms with Gasteiger partial charge in [0, 0.05) is 24.4 Å². The van der Waals surface area contributed by atoms with Gasteiger partial charge in [-0.1, -0.05) is 31.1 Å². The molecule has 2 heterocycles. The molecule has 1 atom stereocenters. The van der Waals surface area contributed by atoms with Crippen molar-refractivity contribution in [2.24, 2.45) is 5.92 Å². The maximum Gasteiger partial charge on any atom is 0.249 e. The monoisotopic (exact) mass is 368 g/mol. The predicted molar refractivity (Wildman–Crippen MR) is 98.0 cm³/mol. The molecule has 0 bridgehead atoms. The average Bonchev–Trinajstić information content (AvgIpc) is 3.16. The van der Waals surface area contributed by atoms with Crippen molar-refractivity contribution in [3.05, 3.63) is 66.1 Å². The van der Waals surface area contributed by atoms with Gasteiger partial charge >= 0.3 is 0 Å². The highest BCUT2D eigenvalue weighted by Gasteiger charge is 2.24. The van der Waals surface area contributed by atoms with Crippen LogP contribution in [0.5, 0.6) is 0 Å². The van der Waals surface area contributed by atoms with Crippen molar-refractivity contribution >= 4 is 5.91 Å². The molecule has 0 saturated carbocycles. The molecule has 0 aliphatic heterocycles. The standard InChI is InChI=1S/C20H21FN4O2/c1-13(2)18(20-24-19(25-27-20)15-4-3-11-22-12-15)23-17(26)10-7-14-5-8-16(21)9-6-14/h3-6,8-9,11-13,18H,7,10H2,1-2H3,(H,23,26). The third-order valence-electron chi connectivity index (χ3n) is 4.16. The van der Waals surface area contributed by atoms with Gasteiger partial charge in [-0.05, 0) is 42.2 Å². The fourth-order valence-corrected chi connectivity index (χ4v) is 2.64. The van der Waals surface area contributed by atoms with Crippen LogP contribution in [0.15, 0.2) is 53.3 Å². The third-order valence-corrected chi connectivity index (χ3v) is 4.16. The quantitative estimate of drug-likeness (QED) is 0.687. The molecular weight excluding hydrogens is 347 g/mol. The number of carbonyl (C=O) groups is 1. The number of hydrogen-bond acceptors (Lipinski definition) is 5. The van der Waals surface area contributed by atoms with Gasteiger partial charge in [0.2, 0.25) is 17.6 Å². The molecule has 2 aromatic heterocycles. The highest BCUT2D eigenvalue weighted by atomic mass is 19.1. The molecule has 0 aliphatic rings. The summed E-state index contributed by atoms with van der Waals surface area (Å²) in [5, 5.41) is 6.94. The van der Waals surface area contributed by atoms with Gasteiger partial charge in [0.15, 0.2) is 0 Å². The third kappa shape index (κ3) is 4.97. The number of nitrogens with zero attached hydrogens (tertiary/aromatic N) is 3. The van der Waals surface area contributed by atoms with Crippen LogP contribution in [0.25, 0.3) is 11.4 Å². The summed E-state index contributed by atoms with van der Waals surface area (Å²) in [5.74, 6) is 0.452. The van der Waals surface area contributed by atoms with E-state index in [0.717, 1.165) is 11.1 Å². The number of amides is 1. The lowest BCUT2D eigenvalue weighted by atomic mass is 10.0. The van der Waals surface area contributed by atoms with Crippen LogP contribution in [0.4, 0.5) is 4.39 Å². The molecule has 1 unspecified atom stereocenters. The first-order valence-electron chi connectivity index (χ1n) is 8.80. The van der Waals surface area contributed by atoms with Crippen molar-refractivity contribution in [1.82, 2.24) is 20.4 Å². The zero-order valence-electron chi connectivity index (χ0n) is 15.2. The van der Waals surface area contributed by atoms with Gasteiger partial charge in [0.25, 0.3) is 0 Å². The lowest BCUT2D eigenvalue weighted by Gasteiger charge is -2.18. The minimum absolute atomic E-state index is 0.0713. The molecule has 0 aliphatic carbocycles. The molecule has 3 rings (SSSR count). The maximum atomic E-state index is 13.0. The summed E-state index contributed by atoms with van der Waals surface area (Å²) in [7, 11) is 0. The Morgan fingerprint density at radius 1 is 1.22 bits per heavy atom. The molecular formula is C20H21FN4O2. The first kappa shape index (κ1) is 18.7. The Morgan fingerprint density at radius 3 is 2.67 bits per heavy atom. The van der Waals surface area contributed by atoms with Crippen molar-refractivity contribution in [3.8, 4) is 11.4 Å². The SMILES string of the molecule is CC(C)C(NC(=O)CCc1ccc(F)cc1)c1nc(-c2cccnc2)no1. The number of halogens is 1. The first-order chi connectivity index (χ1) is 13.0. The minimum atomic E-state index is -0.386. The number of aryl methyl sites for hydroxylation is 1. The van der Waals surface area contributed by atoms with Crippen molar-refractivity contribution in [3.63, 3.8) is 0 Å². The molecule has 7 heteroatoms. The topological polar surface area (TPSA) is 80.9 Å². The average molecular weight is 368 g/mol. The van der Waals surface area contributed by atoms with Crippen LogP contribution in [0.1, 0.15) is 37.8 Å². The number of benzene rings is 1. The van der Waals surface area contributed by atoms with Crippen LogP contribution in [0.2, 0.25) is 0 Å². The maximum absolute atomic E-state index is 13.0. The second-order valence-corrected chi connectivity index (χ2v) is 6.61. The van der Waals surface area contributed by atoms with Crippen LogP contribution >= 0.6 is 0 Å². The minimum Gasteiger partial charge on any atom is -0.344 e. The van der Waals surface area contributed by atoms with Crippen LogP contribution in [0, 0.1) is 11.7 Å². The van der Waals surface area contributed by atoms with E-state index in [4.69, 9.17) is 4.52 Å². The molecule has 0 spiro atoms. The summed E-state index contributed by atoms with van der Waals surface area (Å²) >= 11 is 0. The number of nitrogens with one attached hydrogen (secondary N) is 1. The van der Waals surface area contributed by atoms with E-state index in [2.05, 4.69) is 20.4 Å². The largest absolute Gasteiger partial charge is 0.344 e. The Hall–Kier alpha value is -3.09. The number of rotatable bonds is 7. The van der Waals surface area contributed by atoms with E-state index in [0.29, 0.717) is 24.6 Å². The van der Waals surface area contributed by atoms with Crippen LogP contribution in [-0.2, 0) is 11.2 Å². The molecule has 6 nitrogen and oxygen atoms in total. The highest BCUT2D eigenvalue weighted by molar-refractivity contribution is 5.76. The molecule has 0 radical (unpaired) electrons. The Morgan fingerprint density at radius 2 is 2.00 bits per heavy atom. The smallest absolute Gasteiger partial charge is 0.249 e. The summed E-state index contributed by atoms with van der Waals surface area (Å²) in [5.41, 5.74) is 1.65. The van der Waals surface area contributed by atoms with Crippen LogP contribution in [0.3, 0.4) is 0 Å². The summed E-state index contributed by atoms with van der Waals surface area (Å²) < 4.78 is 18.3. The zero-order valence-corrected chi connectivity index (χ0v) is 15.2.